The number of amides is 1. The zero-order chi connectivity index (χ0) is 15.9. The number of fused-ring (bicyclic) bond motifs is 1. The van der Waals surface area contributed by atoms with Gasteiger partial charge >= 0.3 is 0 Å². The van der Waals surface area contributed by atoms with Crippen molar-refractivity contribution in [2.75, 3.05) is 5.32 Å². The van der Waals surface area contributed by atoms with Gasteiger partial charge in [-0.2, -0.15) is 5.10 Å². The Morgan fingerprint density at radius 1 is 1.41 bits per heavy atom. The minimum Gasteiger partial charge on any atom is -0.296 e. The minimum atomic E-state index is -0.272. The Kier molecular flexibility index (Phi) is 4.01. The molecule has 22 heavy (non-hydrogen) atoms. The molecule has 2 aromatic heterocycles. The second-order valence-corrected chi connectivity index (χ2v) is 7.17. The van der Waals surface area contributed by atoms with Crippen molar-refractivity contribution in [3.63, 3.8) is 0 Å². The zero-order valence-corrected chi connectivity index (χ0v) is 14.8. The number of anilines is 1. The molecule has 3 aromatic rings. The van der Waals surface area contributed by atoms with Crippen LogP contribution in [0.4, 0.5) is 5.13 Å². The third kappa shape index (κ3) is 2.66. The highest BCUT2D eigenvalue weighted by Crippen LogP contribution is 2.29. The molecule has 0 spiro atoms. The molecule has 2 heterocycles. The molecule has 7 heteroatoms. The molecule has 3 rings (SSSR count). The van der Waals surface area contributed by atoms with E-state index in [1.165, 1.54) is 11.3 Å². The maximum Gasteiger partial charge on any atom is 0.279 e. The number of nitrogens with zero attached hydrogens (tertiary/aromatic N) is 2. The van der Waals surface area contributed by atoms with Crippen LogP contribution in [0, 0.1) is 6.92 Å². The SMILES string of the molecule is Cc1cccc2sc(NC(=O)c3n[nH]c(C(C)C)c3Br)nc12. The van der Waals surface area contributed by atoms with Crippen LogP contribution in [0.25, 0.3) is 10.2 Å². The first-order valence-electron chi connectivity index (χ1n) is 6.88. The van der Waals surface area contributed by atoms with Crippen LogP contribution in [0.3, 0.4) is 0 Å². The van der Waals surface area contributed by atoms with Gasteiger partial charge in [0.25, 0.3) is 5.91 Å². The Labute approximate surface area is 140 Å². The molecule has 0 unspecified atom stereocenters. The highest BCUT2D eigenvalue weighted by molar-refractivity contribution is 9.10. The van der Waals surface area contributed by atoms with Crippen molar-refractivity contribution in [1.82, 2.24) is 15.2 Å². The lowest BCUT2D eigenvalue weighted by atomic mass is 10.1. The summed E-state index contributed by atoms with van der Waals surface area (Å²) in [5.41, 5.74) is 3.27. The quantitative estimate of drug-likeness (QED) is 0.706. The number of hydrogen-bond donors (Lipinski definition) is 2. The summed E-state index contributed by atoms with van der Waals surface area (Å²) in [7, 11) is 0. The summed E-state index contributed by atoms with van der Waals surface area (Å²) in [5.74, 6) is -0.0136. The zero-order valence-electron chi connectivity index (χ0n) is 12.4. The van der Waals surface area contributed by atoms with E-state index in [9.17, 15) is 4.79 Å². The predicted molar refractivity (Wildman–Crippen MR) is 92.7 cm³/mol. The van der Waals surface area contributed by atoms with Crippen LogP contribution in [0.1, 0.15) is 41.5 Å². The molecule has 0 aliphatic rings. The Morgan fingerprint density at radius 3 is 2.82 bits per heavy atom. The summed E-state index contributed by atoms with van der Waals surface area (Å²) in [6.45, 7) is 6.08. The molecule has 0 saturated carbocycles. The summed E-state index contributed by atoms with van der Waals surface area (Å²) in [6, 6.07) is 5.99. The summed E-state index contributed by atoms with van der Waals surface area (Å²) in [5, 5.41) is 10.4. The first-order valence-corrected chi connectivity index (χ1v) is 8.49. The maximum absolute atomic E-state index is 12.4. The molecule has 0 aliphatic heterocycles. The molecule has 2 N–H and O–H groups in total. The average Bonchev–Trinajstić information content (AvgIpc) is 3.02. The van der Waals surface area contributed by atoms with Crippen LogP contribution in [0.5, 0.6) is 0 Å². The Morgan fingerprint density at radius 2 is 2.18 bits per heavy atom. The van der Waals surface area contributed by atoms with E-state index in [1.54, 1.807) is 0 Å². The van der Waals surface area contributed by atoms with Crippen LogP contribution in [0.2, 0.25) is 0 Å². The number of thiazole rings is 1. The number of aromatic nitrogens is 3. The Balaban J connectivity index is 1.88. The van der Waals surface area contributed by atoms with E-state index in [1.807, 2.05) is 39.0 Å². The summed E-state index contributed by atoms with van der Waals surface area (Å²) in [6.07, 6.45) is 0. The van der Waals surface area contributed by atoms with Crippen LogP contribution in [-0.4, -0.2) is 21.1 Å². The number of para-hydroxylation sites is 1. The monoisotopic (exact) mass is 378 g/mol. The van der Waals surface area contributed by atoms with Gasteiger partial charge in [-0.1, -0.05) is 37.3 Å². The van der Waals surface area contributed by atoms with E-state index in [2.05, 4.69) is 36.4 Å². The van der Waals surface area contributed by atoms with Gasteiger partial charge in [-0.25, -0.2) is 4.98 Å². The molecule has 5 nitrogen and oxygen atoms in total. The number of rotatable bonds is 3. The van der Waals surface area contributed by atoms with Crippen molar-refractivity contribution < 1.29 is 4.79 Å². The highest BCUT2D eigenvalue weighted by atomic mass is 79.9. The molecule has 0 radical (unpaired) electrons. The lowest BCUT2D eigenvalue weighted by molar-refractivity contribution is 0.102. The van der Waals surface area contributed by atoms with Gasteiger partial charge in [0.1, 0.15) is 0 Å². The largest absolute Gasteiger partial charge is 0.296 e. The van der Waals surface area contributed by atoms with E-state index >= 15 is 0 Å². The van der Waals surface area contributed by atoms with Crippen molar-refractivity contribution in [3.8, 4) is 0 Å². The average molecular weight is 379 g/mol. The smallest absolute Gasteiger partial charge is 0.279 e. The number of carbonyl (C=O) groups excluding carboxylic acids is 1. The number of benzene rings is 1. The van der Waals surface area contributed by atoms with Gasteiger partial charge < -0.3 is 0 Å². The standard InChI is InChI=1S/C15H15BrN4OS/c1-7(2)11-10(16)13(20-19-11)14(21)18-15-17-12-8(3)5-4-6-9(12)22-15/h4-7H,1-3H3,(H,19,20)(H,17,18,21). The Hall–Kier alpha value is -1.73. The van der Waals surface area contributed by atoms with Crippen molar-refractivity contribution in [2.45, 2.75) is 26.7 Å². The molecule has 0 atom stereocenters. The lowest BCUT2D eigenvalue weighted by Gasteiger charge is -2.01. The number of H-pyrrole nitrogens is 1. The van der Waals surface area contributed by atoms with Crippen molar-refractivity contribution in [3.05, 3.63) is 39.6 Å². The second-order valence-electron chi connectivity index (χ2n) is 5.35. The van der Waals surface area contributed by atoms with Crippen molar-refractivity contribution in [2.24, 2.45) is 0 Å². The molecule has 1 aromatic carbocycles. The van der Waals surface area contributed by atoms with Crippen molar-refractivity contribution in [1.29, 1.82) is 0 Å². The van der Waals surface area contributed by atoms with Crippen LogP contribution in [0.15, 0.2) is 22.7 Å². The van der Waals surface area contributed by atoms with Gasteiger partial charge in [-0.15, -0.1) is 0 Å². The fraction of sp³-hybridized carbons (Fsp3) is 0.267. The minimum absolute atomic E-state index is 0.258. The number of aromatic amines is 1. The molecule has 1 amide bonds. The number of halogens is 1. The van der Waals surface area contributed by atoms with E-state index in [0.29, 0.717) is 15.3 Å². The van der Waals surface area contributed by atoms with E-state index in [-0.39, 0.29) is 11.8 Å². The summed E-state index contributed by atoms with van der Waals surface area (Å²) in [4.78, 5) is 16.9. The first-order chi connectivity index (χ1) is 10.5. The summed E-state index contributed by atoms with van der Waals surface area (Å²) >= 11 is 4.90. The van der Waals surface area contributed by atoms with E-state index in [4.69, 9.17) is 0 Å². The fourth-order valence-electron chi connectivity index (χ4n) is 2.17. The summed E-state index contributed by atoms with van der Waals surface area (Å²) < 4.78 is 1.76. The molecular formula is C15H15BrN4OS. The lowest BCUT2D eigenvalue weighted by Crippen LogP contribution is -2.12. The van der Waals surface area contributed by atoms with E-state index < -0.39 is 0 Å². The third-order valence-corrected chi connectivity index (χ3v) is 5.10. The third-order valence-electron chi connectivity index (χ3n) is 3.37. The van der Waals surface area contributed by atoms with Crippen LogP contribution in [-0.2, 0) is 0 Å². The van der Waals surface area contributed by atoms with Gasteiger partial charge in [0, 0.05) is 0 Å². The number of carbonyl (C=O) groups is 1. The number of hydrogen-bond acceptors (Lipinski definition) is 4. The first kappa shape index (κ1) is 15.2. The van der Waals surface area contributed by atoms with Gasteiger partial charge in [-0.3, -0.25) is 15.2 Å². The highest BCUT2D eigenvalue weighted by Gasteiger charge is 2.20. The second kappa shape index (κ2) is 5.81. The van der Waals surface area contributed by atoms with Gasteiger partial charge in [0.2, 0.25) is 0 Å². The fourth-order valence-corrected chi connectivity index (χ4v) is 3.92. The predicted octanol–water partition coefficient (Wildman–Crippen LogP) is 4.47. The molecule has 0 fully saturated rings. The molecule has 114 valence electrons. The number of aryl methyl sites for hydroxylation is 1. The Bertz CT molecular complexity index is 852. The van der Waals surface area contributed by atoms with Gasteiger partial charge in [0.15, 0.2) is 10.8 Å². The number of nitrogens with one attached hydrogen (secondary N) is 2. The normalized spacial score (nSPS) is 11.3. The van der Waals surface area contributed by atoms with Crippen molar-refractivity contribution >= 4 is 48.5 Å². The molecule has 0 bridgehead atoms. The maximum atomic E-state index is 12.4. The molecule has 0 aliphatic carbocycles. The molecule has 0 saturated heterocycles. The topological polar surface area (TPSA) is 70.7 Å². The molecular weight excluding hydrogens is 364 g/mol. The van der Waals surface area contributed by atoms with Gasteiger partial charge in [0.05, 0.1) is 20.4 Å². The van der Waals surface area contributed by atoms with E-state index in [0.717, 1.165) is 21.5 Å². The van der Waals surface area contributed by atoms with Gasteiger partial charge in [-0.05, 0) is 40.4 Å². The van der Waals surface area contributed by atoms with Crippen LogP contribution >= 0.6 is 27.3 Å². The van der Waals surface area contributed by atoms with Crippen LogP contribution < -0.4 is 5.32 Å².